The number of carbonyl (C=O) groups is 1. The summed E-state index contributed by atoms with van der Waals surface area (Å²) in [6, 6.07) is 11.3. The van der Waals surface area contributed by atoms with Crippen molar-refractivity contribution in [3.05, 3.63) is 52.3 Å². The lowest BCUT2D eigenvalue weighted by Crippen LogP contribution is -2.30. The molecule has 9 nitrogen and oxygen atoms in total. The van der Waals surface area contributed by atoms with Crippen molar-refractivity contribution in [3.63, 3.8) is 0 Å². The zero-order chi connectivity index (χ0) is 24.5. The van der Waals surface area contributed by atoms with Crippen LogP contribution in [-0.4, -0.2) is 53.7 Å². The summed E-state index contributed by atoms with van der Waals surface area (Å²) >= 11 is 1.57. The Morgan fingerprint density at radius 1 is 1.09 bits per heavy atom. The van der Waals surface area contributed by atoms with Gasteiger partial charge in [-0.3, -0.25) is 14.2 Å². The fourth-order valence-corrected chi connectivity index (χ4v) is 5.37. The van der Waals surface area contributed by atoms with Crippen molar-refractivity contribution in [2.45, 2.75) is 24.7 Å². The number of methoxy groups -OCH3 is 3. The van der Waals surface area contributed by atoms with Gasteiger partial charge in [0.1, 0.15) is 23.3 Å². The van der Waals surface area contributed by atoms with Gasteiger partial charge in [0.15, 0.2) is 16.7 Å². The highest BCUT2D eigenvalue weighted by molar-refractivity contribution is 7.99. The molecule has 1 N–H and O–H groups in total. The molecule has 0 spiro atoms. The molecule has 0 fully saturated rings. The Bertz CT molecular complexity index is 1490. The molecule has 1 aliphatic heterocycles. The van der Waals surface area contributed by atoms with Gasteiger partial charge in [0.05, 0.1) is 26.8 Å². The number of ether oxygens (including phenoxy) is 3. The van der Waals surface area contributed by atoms with E-state index in [4.69, 9.17) is 19.2 Å². The van der Waals surface area contributed by atoms with Gasteiger partial charge in [-0.15, -0.1) is 0 Å². The first-order valence-corrected chi connectivity index (χ1v) is 12.2. The zero-order valence-corrected chi connectivity index (χ0v) is 20.6. The molecule has 182 valence electrons. The summed E-state index contributed by atoms with van der Waals surface area (Å²) in [7, 11) is 4.79. The lowest BCUT2D eigenvalue weighted by atomic mass is 10.1. The van der Waals surface area contributed by atoms with Gasteiger partial charge in [0.25, 0.3) is 5.56 Å². The predicted molar refractivity (Wildman–Crippen MR) is 135 cm³/mol. The van der Waals surface area contributed by atoms with Crippen molar-refractivity contribution >= 4 is 39.6 Å². The highest BCUT2D eigenvalue weighted by Gasteiger charge is 2.23. The normalized spacial score (nSPS) is 12.7. The average molecular weight is 495 g/mol. The maximum Gasteiger partial charge on any atom is 0.278 e. The van der Waals surface area contributed by atoms with Crippen LogP contribution in [0.2, 0.25) is 0 Å². The fraction of sp³-hybridized carbons (Fsp3) is 0.320. The van der Waals surface area contributed by atoms with Gasteiger partial charge in [0.2, 0.25) is 5.91 Å². The molecule has 0 saturated carbocycles. The molecule has 10 heteroatoms. The highest BCUT2D eigenvalue weighted by atomic mass is 32.2. The quantitative estimate of drug-likeness (QED) is 0.376. The molecule has 0 atom stereocenters. The topological polar surface area (TPSA) is 96.6 Å². The molecular weight excluding hydrogens is 468 g/mol. The number of rotatable bonds is 8. The van der Waals surface area contributed by atoms with Crippen molar-refractivity contribution in [1.29, 1.82) is 0 Å². The van der Waals surface area contributed by atoms with E-state index in [9.17, 15) is 9.59 Å². The molecule has 35 heavy (non-hydrogen) atoms. The number of nitrogens with one attached hydrogen (secondary N) is 1. The number of hydrogen-bond donors (Lipinski definition) is 1. The van der Waals surface area contributed by atoms with Crippen LogP contribution in [0, 0.1) is 0 Å². The Hall–Kier alpha value is -3.66. The molecule has 0 radical (unpaired) electrons. The molecule has 5 rings (SSSR count). The summed E-state index contributed by atoms with van der Waals surface area (Å²) in [5.41, 5.74) is 2.71. The third-order valence-corrected chi connectivity index (χ3v) is 7.12. The lowest BCUT2D eigenvalue weighted by molar-refractivity contribution is -0.121. The Morgan fingerprint density at radius 2 is 1.91 bits per heavy atom. The largest absolute Gasteiger partial charge is 0.497 e. The maximum absolute atomic E-state index is 13.4. The van der Waals surface area contributed by atoms with Crippen LogP contribution < -0.4 is 25.1 Å². The number of benzene rings is 2. The second-order valence-corrected chi connectivity index (χ2v) is 9.22. The Balaban J connectivity index is 1.41. The van der Waals surface area contributed by atoms with E-state index in [2.05, 4.69) is 5.32 Å². The number of thioether (sulfide) groups is 1. The minimum absolute atomic E-state index is 0.0155. The van der Waals surface area contributed by atoms with E-state index < -0.39 is 0 Å². The van der Waals surface area contributed by atoms with Crippen molar-refractivity contribution in [2.24, 2.45) is 0 Å². The molecule has 1 aliphatic rings. The first-order valence-electron chi connectivity index (χ1n) is 11.2. The van der Waals surface area contributed by atoms with E-state index in [-0.39, 0.29) is 18.0 Å². The smallest absolute Gasteiger partial charge is 0.278 e. The maximum atomic E-state index is 13.4. The third kappa shape index (κ3) is 4.18. The van der Waals surface area contributed by atoms with Gasteiger partial charge in [-0.1, -0.05) is 17.8 Å². The predicted octanol–water partition coefficient (Wildman–Crippen LogP) is 2.84. The molecule has 2 aromatic heterocycles. The van der Waals surface area contributed by atoms with Crippen LogP contribution in [0.1, 0.15) is 5.56 Å². The molecule has 0 unspecified atom stereocenters. The first-order chi connectivity index (χ1) is 17.0. The second kappa shape index (κ2) is 9.53. The van der Waals surface area contributed by atoms with E-state index in [1.807, 2.05) is 36.4 Å². The minimum atomic E-state index is -0.181. The summed E-state index contributed by atoms with van der Waals surface area (Å²) in [5, 5.41) is 4.48. The lowest BCUT2D eigenvalue weighted by Gasteiger charge is -2.11. The molecule has 0 aliphatic carbocycles. The van der Waals surface area contributed by atoms with Gasteiger partial charge in [0, 0.05) is 24.2 Å². The monoisotopic (exact) mass is 494 g/mol. The molecule has 0 saturated heterocycles. The number of amides is 1. The number of aromatic nitrogens is 3. The summed E-state index contributed by atoms with van der Waals surface area (Å²) in [6.07, 6.45) is 0.630. The van der Waals surface area contributed by atoms with Gasteiger partial charge in [-0.25, -0.2) is 4.98 Å². The van der Waals surface area contributed by atoms with Crippen LogP contribution in [0.5, 0.6) is 17.2 Å². The zero-order valence-electron chi connectivity index (χ0n) is 19.8. The van der Waals surface area contributed by atoms with Crippen LogP contribution in [0.3, 0.4) is 0 Å². The standard InChI is InChI=1S/C25H26N4O5S/c1-32-16-5-6-18-17(13-16)22-23(24(31)28-10-11-35-25(28)27-22)29(18)14-21(30)26-9-8-15-4-7-19(33-2)20(12-15)34-3/h4-7,12-13H,8-11,14H2,1-3H3,(H,26,30). The Kier molecular flexibility index (Phi) is 6.29. The average Bonchev–Trinajstić information content (AvgIpc) is 3.47. The van der Waals surface area contributed by atoms with E-state index in [1.54, 1.807) is 42.2 Å². The van der Waals surface area contributed by atoms with Crippen LogP contribution >= 0.6 is 11.8 Å². The summed E-state index contributed by atoms with van der Waals surface area (Å²) < 4.78 is 19.5. The van der Waals surface area contributed by atoms with Gasteiger partial charge < -0.3 is 24.1 Å². The molecule has 4 aromatic rings. The van der Waals surface area contributed by atoms with Gasteiger partial charge in [-0.05, 0) is 42.3 Å². The first kappa shape index (κ1) is 23.1. The summed E-state index contributed by atoms with van der Waals surface area (Å²) in [4.78, 5) is 31.1. The second-order valence-electron chi connectivity index (χ2n) is 8.16. The number of hydrogen-bond acceptors (Lipinski definition) is 7. The fourth-order valence-electron chi connectivity index (χ4n) is 4.43. The summed E-state index contributed by atoms with van der Waals surface area (Å²) in [6.45, 7) is 1.08. The SMILES string of the molecule is COc1ccc2c(c1)c1nc3n(c(=O)c1n2CC(=O)NCCc1ccc(OC)c(OC)c1)CCS3. The summed E-state index contributed by atoms with van der Waals surface area (Å²) in [5.74, 6) is 2.61. The Labute approximate surface area is 206 Å². The van der Waals surface area contributed by atoms with Crippen molar-refractivity contribution in [2.75, 3.05) is 33.6 Å². The molecule has 3 heterocycles. The van der Waals surface area contributed by atoms with E-state index >= 15 is 0 Å². The van der Waals surface area contributed by atoms with Crippen LogP contribution in [0.4, 0.5) is 0 Å². The van der Waals surface area contributed by atoms with Crippen LogP contribution in [-0.2, 0) is 24.3 Å². The minimum Gasteiger partial charge on any atom is -0.497 e. The van der Waals surface area contributed by atoms with Crippen LogP contribution in [0.25, 0.3) is 21.9 Å². The number of fused-ring (bicyclic) bond motifs is 4. The molecular formula is C25H26N4O5S. The van der Waals surface area contributed by atoms with Crippen LogP contribution in [0.15, 0.2) is 46.3 Å². The van der Waals surface area contributed by atoms with Crippen molar-refractivity contribution < 1.29 is 19.0 Å². The van der Waals surface area contributed by atoms with Crippen molar-refractivity contribution in [3.8, 4) is 17.2 Å². The number of carbonyl (C=O) groups excluding carboxylic acids is 1. The molecule has 1 amide bonds. The third-order valence-electron chi connectivity index (χ3n) is 6.16. The van der Waals surface area contributed by atoms with Crippen molar-refractivity contribution in [1.82, 2.24) is 19.4 Å². The van der Waals surface area contributed by atoms with E-state index in [0.29, 0.717) is 52.9 Å². The van der Waals surface area contributed by atoms with Gasteiger partial charge in [-0.2, -0.15) is 0 Å². The molecule has 2 aromatic carbocycles. The Morgan fingerprint density at radius 3 is 2.69 bits per heavy atom. The highest BCUT2D eigenvalue weighted by Crippen LogP contribution is 2.32. The van der Waals surface area contributed by atoms with E-state index in [0.717, 1.165) is 22.2 Å². The number of nitrogens with zero attached hydrogens (tertiary/aromatic N) is 3. The van der Waals surface area contributed by atoms with E-state index in [1.165, 1.54) is 0 Å². The molecule has 0 bridgehead atoms. The van der Waals surface area contributed by atoms with Gasteiger partial charge >= 0.3 is 0 Å².